The molecular weight excluding hydrogens is 1640 g/mol. The number of phenolic OH excluding ortho intramolecular Hbond substituents is 1. The first-order chi connectivity index (χ1) is 55.0. The number of halogens is 1. The zero-order chi connectivity index (χ0) is 84.6. The van der Waals surface area contributed by atoms with Crippen LogP contribution in [0.1, 0.15) is 179 Å². The SMILES string of the molecule is CCCCCCCCCCCCC/C=C/C(O)C(CO[C@@H]1O[C@H](CO)[C@@H](O[C@@H]2O[C@H](CO)[C@H](O[C@@H]3O[C@H](CO)[C@H](O)[C@H](O[C@@H]4O[C@H](CO)[C@H](O)[C@H](O)[C@H]4O)[C@H]3NC(C)=O)[C@H](O[C@@]3(C(=O)O)C[C@H](O)[C@@H](NC(C)=O)[C@H]([C@H](O)[C@H](O)CO)O3)[C@H]2O)[C@H](O)[C@H]1O)NC(=O)CCCCCCCCCCCNC(=O)c1ccc(N=[N+]=[N-])c([125I])c1O. The highest BCUT2D eigenvalue weighted by atomic mass is 125. The highest BCUT2D eigenvalue weighted by Crippen LogP contribution is 2.42. The van der Waals surface area contributed by atoms with Crippen LogP contribution < -0.4 is 21.3 Å². The number of ether oxygens (including phenoxy) is 10. The van der Waals surface area contributed by atoms with Crippen molar-refractivity contribution in [2.24, 2.45) is 5.11 Å². The Balaban J connectivity index is 1.18. The number of aromatic hydroxyl groups is 1. The summed E-state index contributed by atoms with van der Waals surface area (Å²) < 4.78 is 60.3. The third-order valence-electron chi connectivity index (χ3n) is 20.9. The van der Waals surface area contributed by atoms with Crippen molar-refractivity contribution in [2.75, 3.05) is 46.2 Å². The van der Waals surface area contributed by atoms with Crippen LogP contribution in [-0.2, 0) is 66.5 Å². The molecule has 40 nitrogen and oxygen atoms in total. The molecule has 0 aliphatic carbocycles. The maximum atomic E-state index is 13.8. The number of aliphatic carboxylic acids is 1. The molecule has 4 amide bonds. The quantitative estimate of drug-likeness (QED) is 0.00861. The van der Waals surface area contributed by atoms with Crippen LogP contribution in [0, 0.1) is 3.57 Å². The Morgan fingerprint density at radius 3 is 1.71 bits per heavy atom. The third-order valence-corrected chi connectivity index (χ3v) is 22.0. The van der Waals surface area contributed by atoms with Gasteiger partial charge in [-0.2, -0.15) is 0 Å². The predicted molar refractivity (Wildman–Crippen MR) is 407 cm³/mol. The highest BCUT2D eigenvalue weighted by Gasteiger charge is 2.62. The fraction of sp³-hybridized carbons (Fsp3) is 0.824. The average molecular weight is 1760 g/mol. The topological polar surface area (TPSA) is 639 Å². The molecular formula is C74H122IN7O33. The van der Waals surface area contributed by atoms with Gasteiger partial charge in [-0.3, -0.25) is 19.2 Å². The van der Waals surface area contributed by atoms with Crippen molar-refractivity contribution in [1.29, 1.82) is 0 Å². The Morgan fingerprint density at radius 1 is 0.617 bits per heavy atom. The Morgan fingerprint density at radius 2 is 1.13 bits per heavy atom. The van der Waals surface area contributed by atoms with Crippen LogP contribution in [0.3, 0.4) is 0 Å². The molecule has 5 aliphatic heterocycles. The van der Waals surface area contributed by atoms with Crippen LogP contribution >= 0.6 is 22.6 Å². The second kappa shape index (κ2) is 50.4. The molecule has 658 valence electrons. The van der Waals surface area contributed by atoms with Crippen molar-refractivity contribution < 1.29 is 163 Å². The molecule has 115 heavy (non-hydrogen) atoms. The van der Waals surface area contributed by atoms with Crippen molar-refractivity contribution in [3.63, 3.8) is 0 Å². The summed E-state index contributed by atoms with van der Waals surface area (Å²) in [5, 5.41) is 214. The van der Waals surface area contributed by atoms with E-state index in [2.05, 4.69) is 38.2 Å². The second-order valence-electron chi connectivity index (χ2n) is 29.7. The number of carbonyl (C=O) groups is 5. The Kier molecular flexibility index (Phi) is 43.3. The van der Waals surface area contributed by atoms with Gasteiger partial charge in [0.1, 0.15) is 122 Å². The van der Waals surface area contributed by atoms with E-state index in [9.17, 15) is 116 Å². The van der Waals surface area contributed by atoms with Gasteiger partial charge in [0.15, 0.2) is 25.2 Å². The molecule has 0 saturated carbocycles. The number of unbranched alkanes of at least 4 members (excludes halogenated alkanes) is 19. The van der Waals surface area contributed by atoms with Crippen LogP contribution in [0.15, 0.2) is 29.4 Å². The van der Waals surface area contributed by atoms with Gasteiger partial charge in [0, 0.05) is 38.1 Å². The van der Waals surface area contributed by atoms with Crippen LogP contribution in [0.2, 0.25) is 0 Å². The number of phenols is 1. The van der Waals surface area contributed by atoms with E-state index in [1.54, 1.807) is 28.7 Å². The summed E-state index contributed by atoms with van der Waals surface area (Å²) >= 11 is 1.80. The molecule has 28 atom stereocenters. The van der Waals surface area contributed by atoms with E-state index in [4.69, 9.17) is 52.9 Å². The Hall–Kier alpha value is -4.89. The zero-order valence-corrected chi connectivity index (χ0v) is 67.2. The number of carboxylic acids is 1. The molecule has 6 rings (SSSR count). The van der Waals surface area contributed by atoms with Gasteiger partial charge in [-0.25, -0.2) is 4.79 Å². The van der Waals surface area contributed by atoms with Crippen LogP contribution in [0.4, 0.5) is 5.69 Å². The number of hydrogen-bond donors (Lipinski definition) is 22. The molecule has 5 fully saturated rings. The van der Waals surface area contributed by atoms with Gasteiger partial charge in [-0.1, -0.05) is 139 Å². The molecule has 0 radical (unpaired) electrons. The van der Waals surface area contributed by atoms with Crippen molar-refractivity contribution >= 4 is 57.9 Å². The number of aliphatic hydroxyl groups is 16. The fourth-order valence-corrected chi connectivity index (χ4v) is 15.0. The van der Waals surface area contributed by atoms with Crippen molar-refractivity contribution in [3.8, 4) is 5.75 Å². The molecule has 41 heteroatoms. The van der Waals surface area contributed by atoms with Gasteiger partial charge in [0.2, 0.25) is 17.7 Å². The van der Waals surface area contributed by atoms with Gasteiger partial charge < -0.3 is 161 Å². The maximum Gasteiger partial charge on any atom is 0.364 e. The fourth-order valence-electron chi connectivity index (χ4n) is 14.5. The Labute approximate surface area is 679 Å². The summed E-state index contributed by atoms with van der Waals surface area (Å²) in [5.74, 6) is -8.57. The number of allylic oxidation sites excluding steroid dienone is 1. The number of nitrogens with one attached hydrogen (secondary N) is 4. The number of rotatable bonds is 50. The number of carbonyl (C=O) groups excluding carboxylic acids is 4. The number of carboxylic acid groups (broad SMARTS) is 1. The summed E-state index contributed by atoms with van der Waals surface area (Å²) in [7, 11) is 0. The van der Waals surface area contributed by atoms with E-state index in [-0.39, 0.29) is 27.0 Å². The first-order valence-electron chi connectivity index (χ1n) is 39.6. The number of azide groups is 1. The lowest BCUT2D eigenvalue weighted by Crippen LogP contribution is -2.72. The third kappa shape index (κ3) is 28.6. The number of aliphatic hydroxyl groups excluding tert-OH is 16. The standard InChI is InChI=1S/C74H122IN7O33/c1-4-5-6-7-8-9-10-11-12-14-17-20-23-26-43(90)42(80-50(93)27-24-21-18-15-13-16-19-22-25-30-77-68(103)40-28-29-41(81-82-76)51(75)54(40)94)37-106-70-61(101)59(99)63(48(35-86)109-70)111-72-62(102)67(115-74(73(104)105)31-44(91)52(78-38(2)88)66(114-74)55(95)45(92)32-83)64(49(36-87)110-72)112-69-53(79-39(3)89)65(57(97)47(34-85)107-69)113-71-60(100)58(98)56(96)46(33-84)108-71/h23,26,28-29,42-49,52-53,55-67,69-72,83-87,90-92,94-102H,4-22,24-25,27,30-37H2,1-3H3,(H,77,103)(H,78,88)(H,79,89)(H,80,93)(H,104,105)/b26-23+/t42?,43?,44-,45+,46+,47+,48+,49+,52+,53+,55+,56-,57-,58-,59+,60+,61+,62+,63+,64-,65+,66+,67+,69-,70+,71-,72-,74+/m0/s1/i75-2. The normalized spacial score (nSPS) is 32.8. The molecule has 0 aromatic heterocycles. The zero-order valence-electron chi connectivity index (χ0n) is 65.0. The first-order valence-corrected chi connectivity index (χ1v) is 40.7. The van der Waals surface area contributed by atoms with Gasteiger partial charge in [-0.05, 0) is 59.9 Å². The molecule has 5 aliphatic rings. The maximum absolute atomic E-state index is 13.8. The predicted octanol–water partition coefficient (Wildman–Crippen LogP) is -1.72. The first kappa shape index (κ1) is 98.9. The summed E-state index contributed by atoms with van der Waals surface area (Å²) in [4.78, 5) is 68.5. The second-order valence-corrected chi connectivity index (χ2v) is 30.8. The highest BCUT2D eigenvalue weighted by molar-refractivity contribution is 14.1. The molecule has 2 unspecified atom stereocenters. The minimum Gasteiger partial charge on any atom is -0.506 e. The largest absolute Gasteiger partial charge is 0.506 e. The molecule has 5 heterocycles. The summed E-state index contributed by atoms with van der Waals surface area (Å²) in [5.41, 5.74) is 9.01. The van der Waals surface area contributed by atoms with E-state index in [1.165, 1.54) is 56.7 Å². The molecule has 1 aromatic carbocycles. The van der Waals surface area contributed by atoms with Crippen LogP contribution in [-0.4, -0.2) is 339 Å². The van der Waals surface area contributed by atoms with E-state index in [0.717, 1.165) is 84.5 Å². The molecule has 5 saturated heterocycles. The van der Waals surface area contributed by atoms with Gasteiger partial charge in [0.05, 0.1) is 78.8 Å². The summed E-state index contributed by atoms with van der Waals surface area (Å²) in [6.07, 6.45) is -27.7. The lowest BCUT2D eigenvalue weighted by Gasteiger charge is -2.52. The molecule has 1 aromatic rings. The van der Waals surface area contributed by atoms with Gasteiger partial charge in [0.25, 0.3) is 11.7 Å². The average Bonchev–Trinajstić information content (AvgIpc) is 0.747. The minimum atomic E-state index is -3.40. The van der Waals surface area contributed by atoms with Crippen molar-refractivity contribution in [3.05, 3.63) is 43.9 Å². The monoisotopic (exact) mass is 1760 g/mol. The lowest BCUT2D eigenvalue weighted by atomic mass is 9.88. The van der Waals surface area contributed by atoms with E-state index in [0.29, 0.717) is 32.2 Å². The number of benzene rings is 1. The summed E-state index contributed by atoms with van der Waals surface area (Å²) in [6.45, 7) is -1.70. The van der Waals surface area contributed by atoms with E-state index in [1.807, 2.05) is 0 Å². The van der Waals surface area contributed by atoms with Crippen LogP contribution in [0.25, 0.3) is 10.4 Å². The number of nitrogens with zero attached hydrogens (tertiary/aromatic N) is 3. The summed E-state index contributed by atoms with van der Waals surface area (Å²) in [6, 6.07) is -2.06. The minimum absolute atomic E-state index is 0.0537. The van der Waals surface area contributed by atoms with Crippen molar-refractivity contribution in [2.45, 2.75) is 340 Å². The Bertz CT molecular complexity index is 3170. The van der Waals surface area contributed by atoms with Gasteiger partial charge >= 0.3 is 5.97 Å². The van der Waals surface area contributed by atoms with E-state index >= 15 is 0 Å². The molecule has 22 N–H and O–H groups in total. The molecule has 0 spiro atoms. The lowest BCUT2D eigenvalue weighted by molar-refractivity contribution is -0.403. The molecule has 0 bridgehead atoms. The number of hydrogen-bond acceptors (Lipinski definition) is 33. The van der Waals surface area contributed by atoms with Crippen molar-refractivity contribution in [1.82, 2.24) is 21.3 Å². The van der Waals surface area contributed by atoms with E-state index < -0.39 is 247 Å². The van der Waals surface area contributed by atoms with Crippen LogP contribution in [0.5, 0.6) is 5.75 Å². The van der Waals surface area contributed by atoms with Gasteiger partial charge in [-0.15, -0.1) is 0 Å². The number of amides is 4. The smallest absolute Gasteiger partial charge is 0.364 e.